The summed E-state index contributed by atoms with van der Waals surface area (Å²) in [7, 11) is 0. The minimum Gasteiger partial charge on any atom is -0.320 e. The molecule has 0 fully saturated rings. The van der Waals surface area contributed by atoms with Crippen molar-refractivity contribution >= 4 is 22.4 Å². The number of hydrogen-bond acceptors (Lipinski definition) is 5. The van der Waals surface area contributed by atoms with E-state index in [9.17, 15) is 4.79 Å². The number of nitrogens with two attached hydrogens (primary N) is 1. The number of rotatable bonds is 5. The molecule has 0 saturated heterocycles. The average Bonchev–Trinajstić information content (AvgIpc) is 2.96. The summed E-state index contributed by atoms with van der Waals surface area (Å²) in [6, 6.07) is 9.99. The van der Waals surface area contributed by atoms with Crippen molar-refractivity contribution in [2.75, 3.05) is 11.9 Å². The summed E-state index contributed by atoms with van der Waals surface area (Å²) in [6.45, 7) is 6.70. The maximum absolute atomic E-state index is 12.1. The van der Waals surface area contributed by atoms with Gasteiger partial charge >= 0.3 is 0 Å². The average molecular weight is 344 g/mol. The van der Waals surface area contributed by atoms with Gasteiger partial charge in [0.2, 0.25) is 5.91 Å². The zero-order valence-corrected chi connectivity index (χ0v) is 15.0. The molecule has 1 atom stereocenters. The maximum atomic E-state index is 12.1. The molecule has 1 aromatic heterocycles. The van der Waals surface area contributed by atoms with Gasteiger partial charge in [-0.15, -0.1) is 11.3 Å². The molecule has 2 heterocycles. The molecular formula is C18H24N4OS. The third-order valence-electron chi connectivity index (χ3n) is 4.31. The van der Waals surface area contributed by atoms with Crippen molar-refractivity contribution in [3.05, 3.63) is 46.5 Å². The van der Waals surface area contributed by atoms with Crippen molar-refractivity contribution in [1.82, 2.24) is 9.88 Å². The number of anilines is 1. The van der Waals surface area contributed by atoms with Crippen molar-refractivity contribution < 1.29 is 4.79 Å². The lowest BCUT2D eigenvalue weighted by atomic mass is 10.1. The zero-order valence-electron chi connectivity index (χ0n) is 14.2. The van der Waals surface area contributed by atoms with Crippen molar-refractivity contribution in [2.24, 2.45) is 11.7 Å². The van der Waals surface area contributed by atoms with Crippen LogP contribution in [0.3, 0.4) is 0 Å². The van der Waals surface area contributed by atoms with Crippen LogP contribution >= 0.6 is 11.3 Å². The predicted octanol–water partition coefficient (Wildman–Crippen LogP) is 2.62. The molecule has 5 nitrogen and oxygen atoms in total. The predicted molar refractivity (Wildman–Crippen MR) is 97.8 cm³/mol. The van der Waals surface area contributed by atoms with E-state index in [4.69, 9.17) is 5.73 Å². The Kier molecular flexibility index (Phi) is 5.28. The molecule has 0 aliphatic carbocycles. The summed E-state index contributed by atoms with van der Waals surface area (Å²) in [5, 5.41) is 3.54. The summed E-state index contributed by atoms with van der Waals surface area (Å²) in [5.74, 6) is -0.0433. The van der Waals surface area contributed by atoms with E-state index < -0.39 is 6.04 Å². The molecule has 1 amide bonds. The maximum Gasteiger partial charge on any atom is 0.243 e. The van der Waals surface area contributed by atoms with Crippen molar-refractivity contribution in [2.45, 2.75) is 39.4 Å². The molecule has 3 rings (SSSR count). The number of carbonyl (C=O) groups is 1. The van der Waals surface area contributed by atoms with E-state index in [1.54, 1.807) is 11.3 Å². The fraction of sp³-hybridized carbons (Fsp3) is 0.444. The van der Waals surface area contributed by atoms with Crippen LogP contribution in [0.25, 0.3) is 0 Å². The second-order valence-electron chi connectivity index (χ2n) is 6.59. The van der Waals surface area contributed by atoms with E-state index in [1.165, 1.54) is 10.4 Å². The van der Waals surface area contributed by atoms with Gasteiger partial charge in [-0.05, 0) is 11.5 Å². The Labute approximate surface area is 146 Å². The molecule has 0 spiro atoms. The molecule has 1 aromatic carbocycles. The number of thiazole rings is 1. The molecule has 128 valence electrons. The van der Waals surface area contributed by atoms with Crippen LogP contribution in [-0.4, -0.2) is 28.4 Å². The second kappa shape index (κ2) is 7.42. The first-order valence-corrected chi connectivity index (χ1v) is 9.16. The Morgan fingerprint density at radius 2 is 2.12 bits per heavy atom. The van der Waals surface area contributed by atoms with Crippen LogP contribution in [0.15, 0.2) is 30.3 Å². The number of fused-ring (bicyclic) bond motifs is 1. The molecule has 1 aliphatic heterocycles. The Morgan fingerprint density at radius 3 is 2.83 bits per heavy atom. The second-order valence-corrected chi connectivity index (χ2v) is 7.68. The minimum absolute atomic E-state index is 0.112. The van der Waals surface area contributed by atoms with E-state index in [0.29, 0.717) is 5.13 Å². The number of nitrogens with one attached hydrogen (secondary N) is 1. The first-order valence-electron chi connectivity index (χ1n) is 8.34. The fourth-order valence-corrected chi connectivity index (χ4v) is 3.82. The Hall–Kier alpha value is -1.76. The van der Waals surface area contributed by atoms with Crippen LogP contribution in [0.4, 0.5) is 5.13 Å². The normalized spacial score (nSPS) is 16.0. The number of nitrogens with zero attached hydrogens (tertiary/aromatic N) is 2. The topological polar surface area (TPSA) is 71.2 Å². The Morgan fingerprint density at radius 1 is 1.38 bits per heavy atom. The third-order valence-corrected chi connectivity index (χ3v) is 5.31. The standard InChI is InChI=1S/C18H24N4OS/c1-12(2)16(19)17(23)21-18-20-14-8-9-22(11-15(14)24-18)10-13-6-4-3-5-7-13/h3-7,12,16H,8-11,19H2,1-2H3,(H,20,21,23). The van der Waals surface area contributed by atoms with Gasteiger partial charge in [-0.25, -0.2) is 4.98 Å². The van der Waals surface area contributed by atoms with Crippen molar-refractivity contribution in [1.29, 1.82) is 0 Å². The number of carbonyl (C=O) groups excluding carboxylic acids is 1. The number of amides is 1. The number of hydrogen-bond donors (Lipinski definition) is 2. The van der Waals surface area contributed by atoms with E-state index in [0.717, 1.165) is 31.7 Å². The highest BCUT2D eigenvalue weighted by molar-refractivity contribution is 7.15. The first-order chi connectivity index (χ1) is 11.5. The fourth-order valence-electron chi connectivity index (χ4n) is 2.77. The van der Waals surface area contributed by atoms with Gasteiger partial charge in [0.05, 0.1) is 11.7 Å². The molecule has 0 saturated carbocycles. The van der Waals surface area contributed by atoms with Crippen LogP contribution in [0, 0.1) is 5.92 Å². The highest BCUT2D eigenvalue weighted by atomic mass is 32.1. The molecule has 0 radical (unpaired) electrons. The molecule has 3 N–H and O–H groups in total. The van der Waals surface area contributed by atoms with Crippen LogP contribution in [0.2, 0.25) is 0 Å². The van der Waals surface area contributed by atoms with E-state index in [2.05, 4.69) is 39.5 Å². The van der Waals surface area contributed by atoms with Gasteiger partial charge in [0.15, 0.2) is 5.13 Å². The third kappa shape index (κ3) is 4.01. The van der Waals surface area contributed by atoms with Gasteiger partial charge in [-0.1, -0.05) is 44.2 Å². The highest BCUT2D eigenvalue weighted by Gasteiger charge is 2.23. The summed E-state index contributed by atoms with van der Waals surface area (Å²) >= 11 is 1.57. The van der Waals surface area contributed by atoms with Gasteiger partial charge < -0.3 is 11.1 Å². The van der Waals surface area contributed by atoms with Crippen molar-refractivity contribution in [3.8, 4) is 0 Å². The van der Waals surface area contributed by atoms with Gasteiger partial charge in [0, 0.05) is 30.9 Å². The summed E-state index contributed by atoms with van der Waals surface area (Å²) in [4.78, 5) is 20.3. The zero-order chi connectivity index (χ0) is 17.1. The van der Waals surface area contributed by atoms with E-state index in [-0.39, 0.29) is 11.8 Å². The SMILES string of the molecule is CC(C)C(N)C(=O)Nc1nc2c(s1)CN(Cc1ccccc1)CC2. The van der Waals surface area contributed by atoms with Gasteiger partial charge in [0.1, 0.15) is 0 Å². The van der Waals surface area contributed by atoms with Crippen LogP contribution in [-0.2, 0) is 24.3 Å². The lowest BCUT2D eigenvalue weighted by Crippen LogP contribution is -2.39. The van der Waals surface area contributed by atoms with Crippen LogP contribution < -0.4 is 11.1 Å². The summed E-state index contributed by atoms with van der Waals surface area (Å²) in [6.07, 6.45) is 0.921. The van der Waals surface area contributed by atoms with E-state index >= 15 is 0 Å². The van der Waals surface area contributed by atoms with Gasteiger partial charge in [-0.3, -0.25) is 9.69 Å². The van der Waals surface area contributed by atoms with Gasteiger partial charge in [-0.2, -0.15) is 0 Å². The van der Waals surface area contributed by atoms with Gasteiger partial charge in [0.25, 0.3) is 0 Å². The van der Waals surface area contributed by atoms with Crippen LogP contribution in [0.1, 0.15) is 30.0 Å². The molecule has 1 unspecified atom stereocenters. The lowest BCUT2D eigenvalue weighted by Gasteiger charge is -2.25. The Balaban J connectivity index is 1.63. The molecule has 24 heavy (non-hydrogen) atoms. The first kappa shape index (κ1) is 17.1. The smallest absolute Gasteiger partial charge is 0.243 e. The monoisotopic (exact) mass is 344 g/mol. The highest BCUT2D eigenvalue weighted by Crippen LogP contribution is 2.29. The minimum atomic E-state index is -0.500. The van der Waals surface area contributed by atoms with Crippen molar-refractivity contribution in [3.63, 3.8) is 0 Å². The van der Waals surface area contributed by atoms with Crippen LogP contribution in [0.5, 0.6) is 0 Å². The molecular weight excluding hydrogens is 320 g/mol. The Bertz CT molecular complexity index is 698. The van der Waals surface area contributed by atoms with E-state index in [1.807, 2.05) is 19.9 Å². The quantitative estimate of drug-likeness (QED) is 0.875. The summed E-state index contributed by atoms with van der Waals surface area (Å²) < 4.78 is 0. The number of aromatic nitrogens is 1. The summed E-state index contributed by atoms with van der Waals surface area (Å²) in [5.41, 5.74) is 8.32. The lowest BCUT2D eigenvalue weighted by molar-refractivity contribution is -0.118. The number of benzene rings is 1. The molecule has 0 bridgehead atoms. The molecule has 6 heteroatoms. The molecule has 1 aliphatic rings. The molecule has 2 aromatic rings. The largest absolute Gasteiger partial charge is 0.320 e.